The minimum atomic E-state index is -1.05. The van der Waals surface area contributed by atoms with Crippen molar-refractivity contribution in [3.05, 3.63) is 0 Å². The predicted octanol–water partition coefficient (Wildman–Crippen LogP) is -0.245. The number of carboxylic acid groups (broad SMARTS) is 1. The van der Waals surface area contributed by atoms with E-state index in [4.69, 9.17) is 0 Å². The van der Waals surface area contributed by atoms with Gasteiger partial charge < -0.3 is 19.7 Å². The van der Waals surface area contributed by atoms with Gasteiger partial charge in [0.15, 0.2) is 0 Å². The third-order valence-corrected chi connectivity index (χ3v) is 3.28. The molecular weight excluding hydrogens is 232 g/mol. The van der Waals surface area contributed by atoms with Crippen LogP contribution in [-0.2, 0) is 9.59 Å². The highest BCUT2D eigenvalue weighted by atomic mass is 16.4. The van der Waals surface area contributed by atoms with Crippen LogP contribution in [0.15, 0.2) is 0 Å². The first-order valence-electron chi connectivity index (χ1n) is 6.41. The SMILES string of the molecule is CCC(C)(C)C(=O)NCCC[N+](C)(C)CC(=O)[O-]. The molecule has 0 radical (unpaired) electrons. The van der Waals surface area contributed by atoms with Crippen LogP contribution in [0.3, 0.4) is 0 Å². The molecule has 0 heterocycles. The van der Waals surface area contributed by atoms with Gasteiger partial charge >= 0.3 is 0 Å². The van der Waals surface area contributed by atoms with Crippen LogP contribution in [0.25, 0.3) is 0 Å². The van der Waals surface area contributed by atoms with Crippen molar-refractivity contribution >= 4 is 11.9 Å². The van der Waals surface area contributed by atoms with Gasteiger partial charge in [-0.25, -0.2) is 0 Å². The van der Waals surface area contributed by atoms with Crippen molar-refractivity contribution in [1.29, 1.82) is 0 Å². The molecule has 106 valence electrons. The summed E-state index contributed by atoms with van der Waals surface area (Å²) in [6.45, 7) is 7.09. The van der Waals surface area contributed by atoms with Crippen molar-refractivity contribution in [2.45, 2.75) is 33.6 Å². The van der Waals surface area contributed by atoms with Crippen molar-refractivity contribution in [2.24, 2.45) is 5.41 Å². The monoisotopic (exact) mass is 258 g/mol. The molecule has 0 unspecified atom stereocenters. The molecule has 0 fully saturated rings. The molecule has 5 nitrogen and oxygen atoms in total. The second kappa shape index (κ2) is 6.73. The zero-order valence-electron chi connectivity index (χ0n) is 12.2. The lowest BCUT2D eigenvalue weighted by atomic mass is 9.89. The standard InChI is InChI=1S/C13H26N2O3/c1-6-13(2,3)12(18)14-8-7-9-15(4,5)10-11(16)17/h6-10H2,1-5H3,(H-,14,16,17,18). The molecular formula is C13H26N2O3. The molecule has 0 aliphatic carbocycles. The normalized spacial score (nSPS) is 12.3. The molecule has 0 aromatic rings. The number of carboxylic acids is 1. The van der Waals surface area contributed by atoms with Gasteiger partial charge in [-0.2, -0.15) is 0 Å². The minimum Gasteiger partial charge on any atom is -0.544 e. The van der Waals surface area contributed by atoms with Gasteiger partial charge in [0.05, 0.1) is 26.6 Å². The highest BCUT2D eigenvalue weighted by Gasteiger charge is 2.24. The van der Waals surface area contributed by atoms with Crippen LogP contribution in [0.4, 0.5) is 0 Å². The number of likely N-dealkylation sites (N-methyl/N-ethyl adjacent to an activating group) is 1. The maximum absolute atomic E-state index is 11.8. The van der Waals surface area contributed by atoms with Crippen molar-refractivity contribution in [2.75, 3.05) is 33.7 Å². The topological polar surface area (TPSA) is 69.2 Å². The first-order chi connectivity index (χ1) is 8.10. The summed E-state index contributed by atoms with van der Waals surface area (Å²) in [5.74, 6) is -0.994. The molecule has 1 amide bonds. The van der Waals surface area contributed by atoms with E-state index in [1.165, 1.54) is 0 Å². The van der Waals surface area contributed by atoms with Crippen LogP contribution in [0.2, 0.25) is 0 Å². The first-order valence-corrected chi connectivity index (χ1v) is 6.41. The number of amides is 1. The molecule has 0 spiro atoms. The van der Waals surface area contributed by atoms with Gasteiger partial charge in [-0.15, -0.1) is 0 Å². The summed E-state index contributed by atoms with van der Waals surface area (Å²) in [6.07, 6.45) is 1.55. The Labute approximate surface area is 110 Å². The third-order valence-electron chi connectivity index (χ3n) is 3.28. The summed E-state index contributed by atoms with van der Waals surface area (Å²) in [5, 5.41) is 13.4. The van der Waals surface area contributed by atoms with E-state index in [0.717, 1.165) is 12.8 Å². The Balaban J connectivity index is 3.94. The van der Waals surface area contributed by atoms with Crippen molar-refractivity contribution in [3.8, 4) is 0 Å². The number of quaternary nitrogens is 1. The average molecular weight is 258 g/mol. The van der Waals surface area contributed by atoms with Crippen LogP contribution in [-0.4, -0.2) is 50.1 Å². The fourth-order valence-electron chi connectivity index (χ4n) is 1.54. The molecule has 1 N–H and O–H groups in total. The molecule has 18 heavy (non-hydrogen) atoms. The fourth-order valence-corrected chi connectivity index (χ4v) is 1.54. The van der Waals surface area contributed by atoms with E-state index in [1.54, 1.807) is 0 Å². The van der Waals surface area contributed by atoms with Gasteiger partial charge in [0.1, 0.15) is 6.54 Å². The number of aliphatic carboxylic acids is 1. The molecule has 0 aromatic heterocycles. The average Bonchev–Trinajstić information content (AvgIpc) is 2.22. The number of hydrogen-bond acceptors (Lipinski definition) is 3. The molecule has 0 atom stereocenters. The van der Waals surface area contributed by atoms with Gasteiger partial charge in [0.25, 0.3) is 0 Å². The van der Waals surface area contributed by atoms with Crippen LogP contribution in [0.1, 0.15) is 33.6 Å². The van der Waals surface area contributed by atoms with Crippen LogP contribution >= 0.6 is 0 Å². The van der Waals surface area contributed by atoms with E-state index in [9.17, 15) is 14.7 Å². The number of carbonyl (C=O) groups excluding carboxylic acids is 2. The Hall–Kier alpha value is -1.10. The summed E-state index contributed by atoms with van der Waals surface area (Å²) in [7, 11) is 3.68. The molecule has 0 rings (SSSR count). The van der Waals surface area contributed by atoms with E-state index in [0.29, 0.717) is 17.6 Å². The molecule has 0 aliphatic rings. The Morgan fingerprint density at radius 2 is 1.83 bits per heavy atom. The number of rotatable bonds is 8. The number of nitrogens with one attached hydrogen (secondary N) is 1. The molecule has 0 saturated heterocycles. The van der Waals surface area contributed by atoms with Gasteiger partial charge in [-0.1, -0.05) is 20.8 Å². The molecule has 0 saturated carbocycles. The van der Waals surface area contributed by atoms with Gasteiger partial charge in [0, 0.05) is 18.4 Å². The van der Waals surface area contributed by atoms with E-state index >= 15 is 0 Å². The Kier molecular flexibility index (Phi) is 6.32. The molecule has 0 aliphatic heterocycles. The van der Waals surface area contributed by atoms with Crippen molar-refractivity contribution in [1.82, 2.24) is 5.32 Å². The van der Waals surface area contributed by atoms with Crippen LogP contribution < -0.4 is 10.4 Å². The van der Waals surface area contributed by atoms with E-state index in [-0.39, 0.29) is 17.9 Å². The molecule has 0 aromatic carbocycles. The maximum Gasteiger partial charge on any atom is 0.225 e. The van der Waals surface area contributed by atoms with E-state index < -0.39 is 5.97 Å². The third kappa shape index (κ3) is 6.59. The quantitative estimate of drug-likeness (QED) is 0.482. The predicted molar refractivity (Wildman–Crippen MR) is 68.5 cm³/mol. The number of hydrogen-bond donors (Lipinski definition) is 1. The Morgan fingerprint density at radius 3 is 2.28 bits per heavy atom. The van der Waals surface area contributed by atoms with Gasteiger partial charge in [-0.3, -0.25) is 4.79 Å². The molecule has 5 heteroatoms. The second-order valence-corrected chi connectivity index (χ2v) is 6.04. The summed E-state index contributed by atoms with van der Waals surface area (Å²) in [4.78, 5) is 22.3. The summed E-state index contributed by atoms with van der Waals surface area (Å²) >= 11 is 0. The lowest BCUT2D eigenvalue weighted by Gasteiger charge is -2.30. The summed E-state index contributed by atoms with van der Waals surface area (Å²) in [5.41, 5.74) is -0.338. The lowest BCUT2D eigenvalue weighted by molar-refractivity contribution is -0.884. The van der Waals surface area contributed by atoms with E-state index in [2.05, 4.69) is 5.32 Å². The number of carbonyl (C=O) groups is 2. The number of nitrogens with zero attached hydrogens (tertiary/aromatic N) is 1. The minimum absolute atomic E-state index is 0.00556. The maximum atomic E-state index is 11.8. The van der Waals surface area contributed by atoms with Crippen LogP contribution in [0, 0.1) is 5.41 Å². The van der Waals surface area contributed by atoms with Crippen LogP contribution in [0.5, 0.6) is 0 Å². The zero-order chi connectivity index (χ0) is 14.4. The van der Waals surface area contributed by atoms with Gasteiger partial charge in [-0.05, 0) is 6.42 Å². The Bertz CT molecular complexity index is 299. The van der Waals surface area contributed by atoms with Crippen molar-refractivity contribution in [3.63, 3.8) is 0 Å². The summed E-state index contributed by atoms with van der Waals surface area (Å²) in [6, 6.07) is 0. The van der Waals surface area contributed by atoms with Gasteiger partial charge in [0.2, 0.25) is 5.91 Å². The zero-order valence-corrected chi connectivity index (χ0v) is 12.2. The van der Waals surface area contributed by atoms with Crippen molar-refractivity contribution < 1.29 is 19.2 Å². The lowest BCUT2D eigenvalue weighted by Crippen LogP contribution is -2.49. The highest BCUT2D eigenvalue weighted by Crippen LogP contribution is 2.19. The smallest absolute Gasteiger partial charge is 0.225 e. The van der Waals surface area contributed by atoms with E-state index in [1.807, 2.05) is 34.9 Å². The fraction of sp³-hybridized carbons (Fsp3) is 0.846. The summed E-state index contributed by atoms with van der Waals surface area (Å²) < 4.78 is 0.370. The second-order valence-electron chi connectivity index (χ2n) is 6.04. The largest absolute Gasteiger partial charge is 0.544 e. The molecule has 0 bridgehead atoms. The highest BCUT2D eigenvalue weighted by molar-refractivity contribution is 5.81. The first kappa shape index (κ1) is 16.9. The Morgan fingerprint density at radius 1 is 1.28 bits per heavy atom.